The molecule has 0 saturated heterocycles. The minimum atomic E-state index is 0.123. The second kappa shape index (κ2) is 3.58. The number of rotatable bonds is 1. The lowest BCUT2D eigenvalue weighted by Gasteiger charge is -2.23. The molecule has 0 fully saturated rings. The minimum Gasteiger partial charge on any atom is -0.261 e. The van der Waals surface area contributed by atoms with Gasteiger partial charge in [-0.2, -0.15) is 5.10 Å². The molecule has 0 unspecified atom stereocenters. The van der Waals surface area contributed by atoms with E-state index in [1.165, 1.54) is 11.3 Å². The second-order valence-corrected chi connectivity index (χ2v) is 5.63. The van der Waals surface area contributed by atoms with Crippen molar-refractivity contribution < 1.29 is 0 Å². The Morgan fingerprint density at radius 2 is 1.94 bits per heavy atom. The van der Waals surface area contributed by atoms with Crippen LogP contribution in [0.3, 0.4) is 0 Å². The fraction of sp³-hybridized carbons (Fsp3) is 0.538. The Hall–Kier alpha value is -1.38. The van der Waals surface area contributed by atoms with Crippen LogP contribution in [0.4, 0.5) is 0 Å². The number of pyridine rings is 1. The van der Waals surface area contributed by atoms with E-state index in [4.69, 9.17) is 0 Å². The third-order valence-electron chi connectivity index (χ3n) is 2.81. The first-order chi connectivity index (χ1) is 7.39. The Balaban J connectivity index is 2.72. The summed E-state index contributed by atoms with van der Waals surface area (Å²) in [5.41, 5.74) is 3.50. The smallest absolute Gasteiger partial charge is 0.155 e. The first kappa shape index (κ1) is 11.1. The summed E-state index contributed by atoms with van der Waals surface area (Å²) < 4.78 is 0. The zero-order valence-electron chi connectivity index (χ0n) is 10.6. The molecule has 0 atom stereocenters. The maximum Gasteiger partial charge on any atom is 0.155 e. The number of hydrogen-bond donors (Lipinski definition) is 1. The molecule has 3 nitrogen and oxygen atoms in total. The molecule has 86 valence electrons. The largest absolute Gasteiger partial charge is 0.261 e. The molecule has 3 heteroatoms. The van der Waals surface area contributed by atoms with E-state index in [0.717, 1.165) is 11.0 Å². The molecular formula is C13H19N3. The van der Waals surface area contributed by atoms with Gasteiger partial charge in [0.1, 0.15) is 0 Å². The number of H-pyrrole nitrogens is 1. The van der Waals surface area contributed by atoms with Crippen molar-refractivity contribution in [2.75, 3.05) is 0 Å². The topological polar surface area (TPSA) is 41.6 Å². The molecule has 0 bridgehead atoms. The van der Waals surface area contributed by atoms with Crippen molar-refractivity contribution >= 4 is 11.0 Å². The molecule has 0 aliphatic rings. The third kappa shape index (κ3) is 1.82. The first-order valence-corrected chi connectivity index (χ1v) is 5.74. The predicted octanol–water partition coefficient (Wildman–Crippen LogP) is 3.38. The lowest BCUT2D eigenvalue weighted by Crippen LogP contribution is -2.16. The van der Waals surface area contributed by atoms with E-state index in [1.807, 2.05) is 6.20 Å². The molecule has 0 aromatic carbocycles. The minimum absolute atomic E-state index is 0.123. The highest BCUT2D eigenvalue weighted by molar-refractivity contribution is 5.75. The van der Waals surface area contributed by atoms with E-state index in [-0.39, 0.29) is 5.41 Å². The van der Waals surface area contributed by atoms with Crippen LogP contribution in [0.2, 0.25) is 0 Å². The van der Waals surface area contributed by atoms with Crippen LogP contribution in [0.15, 0.2) is 12.3 Å². The highest BCUT2D eigenvalue weighted by Gasteiger charge is 2.21. The molecule has 0 amide bonds. The molecule has 0 spiro atoms. The average Bonchev–Trinajstić information content (AvgIpc) is 2.60. The summed E-state index contributed by atoms with van der Waals surface area (Å²) >= 11 is 0. The zero-order valence-corrected chi connectivity index (χ0v) is 10.6. The average molecular weight is 217 g/mol. The highest BCUT2D eigenvalue weighted by atomic mass is 15.1. The van der Waals surface area contributed by atoms with E-state index >= 15 is 0 Å². The summed E-state index contributed by atoms with van der Waals surface area (Å²) in [7, 11) is 0. The molecule has 0 radical (unpaired) electrons. The van der Waals surface area contributed by atoms with Crippen LogP contribution in [0.5, 0.6) is 0 Å². The third-order valence-corrected chi connectivity index (χ3v) is 2.81. The van der Waals surface area contributed by atoms with E-state index in [2.05, 4.69) is 55.9 Å². The van der Waals surface area contributed by atoms with E-state index in [9.17, 15) is 0 Å². The molecule has 0 saturated carbocycles. The highest BCUT2D eigenvalue weighted by Crippen LogP contribution is 2.31. The van der Waals surface area contributed by atoms with Crippen LogP contribution in [0, 0.1) is 0 Å². The fourth-order valence-corrected chi connectivity index (χ4v) is 1.93. The van der Waals surface area contributed by atoms with Gasteiger partial charge < -0.3 is 0 Å². The fourth-order valence-electron chi connectivity index (χ4n) is 1.93. The summed E-state index contributed by atoms with van der Waals surface area (Å²) in [6.07, 6.45) is 1.84. The van der Waals surface area contributed by atoms with Crippen molar-refractivity contribution in [2.24, 2.45) is 0 Å². The molecule has 2 aromatic heterocycles. The van der Waals surface area contributed by atoms with Crippen molar-refractivity contribution in [2.45, 2.75) is 46.0 Å². The Labute approximate surface area is 96.3 Å². The van der Waals surface area contributed by atoms with Gasteiger partial charge in [-0.05, 0) is 23.0 Å². The summed E-state index contributed by atoms with van der Waals surface area (Å²) in [4.78, 5) is 4.68. The summed E-state index contributed by atoms with van der Waals surface area (Å²) in [6.45, 7) is 11.0. The Kier molecular flexibility index (Phi) is 2.49. The monoisotopic (exact) mass is 217 g/mol. The lowest BCUT2D eigenvalue weighted by atomic mass is 9.83. The van der Waals surface area contributed by atoms with Gasteiger partial charge >= 0.3 is 0 Å². The molecule has 2 heterocycles. The van der Waals surface area contributed by atoms with E-state index in [1.54, 1.807) is 0 Å². The molecule has 0 aliphatic carbocycles. The van der Waals surface area contributed by atoms with Gasteiger partial charge in [-0.1, -0.05) is 34.6 Å². The van der Waals surface area contributed by atoms with Crippen molar-refractivity contribution in [3.05, 3.63) is 23.5 Å². The maximum atomic E-state index is 4.68. The van der Waals surface area contributed by atoms with Gasteiger partial charge in [0.25, 0.3) is 0 Å². The number of fused-ring (bicyclic) bond motifs is 1. The van der Waals surface area contributed by atoms with Gasteiger partial charge in [-0.15, -0.1) is 0 Å². The van der Waals surface area contributed by atoms with Gasteiger partial charge in [0.05, 0.1) is 6.20 Å². The van der Waals surface area contributed by atoms with Crippen LogP contribution >= 0.6 is 0 Å². The van der Waals surface area contributed by atoms with Gasteiger partial charge in [-0.25, -0.2) is 4.98 Å². The predicted molar refractivity (Wildman–Crippen MR) is 66.7 cm³/mol. The molecule has 1 N–H and O–H groups in total. The number of aromatic nitrogens is 3. The lowest BCUT2D eigenvalue weighted by molar-refractivity contribution is 0.572. The van der Waals surface area contributed by atoms with Crippen molar-refractivity contribution in [1.29, 1.82) is 0 Å². The van der Waals surface area contributed by atoms with E-state index in [0.29, 0.717) is 5.92 Å². The van der Waals surface area contributed by atoms with Crippen LogP contribution in [-0.4, -0.2) is 15.2 Å². The first-order valence-electron chi connectivity index (χ1n) is 5.74. The molecule has 2 aromatic rings. The van der Waals surface area contributed by atoms with Crippen molar-refractivity contribution in [3.63, 3.8) is 0 Å². The molecule has 2 rings (SSSR count). The van der Waals surface area contributed by atoms with Gasteiger partial charge in [-0.3, -0.25) is 5.10 Å². The maximum absolute atomic E-state index is 4.68. The van der Waals surface area contributed by atoms with Gasteiger partial charge in [0.2, 0.25) is 0 Å². The Bertz CT molecular complexity index is 503. The SMILES string of the molecule is CC(C)c1nc2[nH]ncc2cc1C(C)(C)C. The van der Waals surface area contributed by atoms with Crippen molar-refractivity contribution in [3.8, 4) is 0 Å². The van der Waals surface area contributed by atoms with Crippen LogP contribution < -0.4 is 0 Å². The number of nitrogens with one attached hydrogen (secondary N) is 1. The van der Waals surface area contributed by atoms with Crippen molar-refractivity contribution in [1.82, 2.24) is 15.2 Å². The summed E-state index contributed by atoms with van der Waals surface area (Å²) in [6, 6.07) is 2.21. The molecule has 16 heavy (non-hydrogen) atoms. The number of nitrogens with zero attached hydrogens (tertiary/aromatic N) is 2. The van der Waals surface area contributed by atoms with Gasteiger partial charge in [0, 0.05) is 11.1 Å². The normalized spacial score (nSPS) is 12.6. The quantitative estimate of drug-likeness (QED) is 0.795. The zero-order chi connectivity index (χ0) is 11.9. The second-order valence-electron chi connectivity index (χ2n) is 5.63. The number of aromatic amines is 1. The van der Waals surface area contributed by atoms with Crippen LogP contribution in [0.1, 0.15) is 51.8 Å². The number of hydrogen-bond acceptors (Lipinski definition) is 2. The summed E-state index contributed by atoms with van der Waals surface area (Å²) in [5, 5.41) is 8.06. The standard InChI is InChI=1S/C13H19N3/c1-8(2)11-10(13(3,4)5)6-9-7-14-16-12(9)15-11/h6-8H,1-5H3,(H,14,15,16). The van der Waals surface area contributed by atoms with Crippen LogP contribution in [-0.2, 0) is 5.41 Å². The van der Waals surface area contributed by atoms with Crippen LogP contribution in [0.25, 0.3) is 11.0 Å². The Morgan fingerprint density at radius 3 is 2.50 bits per heavy atom. The summed E-state index contributed by atoms with van der Waals surface area (Å²) in [5.74, 6) is 0.432. The van der Waals surface area contributed by atoms with Gasteiger partial charge in [0.15, 0.2) is 5.65 Å². The van der Waals surface area contributed by atoms with E-state index < -0.39 is 0 Å². The molecule has 0 aliphatic heterocycles. The molecular weight excluding hydrogens is 198 g/mol. The Morgan fingerprint density at radius 1 is 1.25 bits per heavy atom.